The molecule has 1 N–H and O–H groups in total. The van der Waals surface area contributed by atoms with Crippen molar-refractivity contribution in [3.8, 4) is 5.75 Å². The lowest BCUT2D eigenvalue weighted by atomic mass is 9.80. The van der Waals surface area contributed by atoms with Crippen molar-refractivity contribution < 1.29 is 28.7 Å². The third kappa shape index (κ3) is 4.12. The van der Waals surface area contributed by atoms with Gasteiger partial charge in [0.05, 0.1) is 46.1 Å². The van der Waals surface area contributed by atoms with Gasteiger partial charge in [-0.25, -0.2) is 4.79 Å². The summed E-state index contributed by atoms with van der Waals surface area (Å²) in [5.41, 5.74) is 1.03. The van der Waals surface area contributed by atoms with Crippen LogP contribution in [0.25, 0.3) is 0 Å². The van der Waals surface area contributed by atoms with Crippen LogP contribution in [0.1, 0.15) is 23.7 Å². The number of carbonyl (C=O) groups excluding carboxylic acids is 4. The van der Waals surface area contributed by atoms with Gasteiger partial charge in [-0.2, -0.15) is 0 Å². The van der Waals surface area contributed by atoms with Crippen molar-refractivity contribution in [2.45, 2.75) is 24.1 Å². The Balaban J connectivity index is 1.20. The summed E-state index contributed by atoms with van der Waals surface area (Å²) in [5, 5.41) is 2.01. The van der Waals surface area contributed by atoms with E-state index in [2.05, 4.69) is 5.32 Å². The summed E-state index contributed by atoms with van der Waals surface area (Å²) in [6.07, 6.45) is 0.693. The predicted octanol–water partition coefficient (Wildman–Crippen LogP) is 3.85. The molecule has 10 heteroatoms. The Morgan fingerprint density at radius 2 is 1.58 bits per heavy atom. The summed E-state index contributed by atoms with van der Waals surface area (Å²) in [6, 6.07) is 12.9. The van der Waals surface area contributed by atoms with Crippen molar-refractivity contribution in [1.29, 1.82) is 0 Å². The van der Waals surface area contributed by atoms with Gasteiger partial charge in [0.2, 0.25) is 11.8 Å². The molecule has 0 radical (unpaired) electrons. The number of fused-ring (bicyclic) bond motifs is 5. The number of hydrogen-bond donors (Lipinski definition) is 1. The fourth-order valence-electron chi connectivity index (χ4n) is 5.60. The number of nitrogens with zero attached hydrogens (tertiary/aromatic N) is 1. The summed E-state index contributed by atoms with van der Waals surface area (Å²) in [6.45, 7) is 1.78. The molecular weight excluding hydrogens is 507 g/mol. The summed E-state index contributed by atoms with van der Waals surface area (Å²) in [7, 11) is 0. The highest BCUT2D eigenvalue weighted by Gasteiger charge is 2.66. The number of imide groups is 1. The number of amides is 3. The van der Waals surface area contributed by atoms with E-state index in [1.54, 1.807) is 24.3 Å². The van der Waals surface area contributed by atoms with E-state index in [4.69, 9.17) is 32.7 Å². The molecule has 3 fully saturated rings. The van der Waals surface area contributed by atoms with Crippen molar-refractivity contribution in [2.24, 2.45) is 23.7 Å². The molecule has 1 heterocycles. The number of ether oxygens (including phenoxy) is 2. The third-order valence-corrected chi connectivity index (χ3v) is 8.46. The number of alkyl halides is 2. The molecule has 0 unspecified atom stereocenters. The molecule has 3 amide bonds. The van der Waals surface area contributed by atoms with Crippen LogP contribution < -0.4 is 15.0 Å². The highest BCUT2D eigenvalue weighted by molar-refractivity contribution is 6.32. The van der Waals surface area contributed by atoms with E-state index in [1.807, 2.05) is 6.92 Å². The van der Waals surface area contributed by atoms with Crippen molar-refractivity contribution >= 4 is 58.3 Å². The highest BCUT2D eigenvalue weighted by Crippen LogP contribution is 2.59. The Labute approximate surface area is 217 Å². The number of rotatable bonds is 7. The van der Waals surface area contributed by atoms with Gasteiger partial charge < -0.3 is 14.8 Å². The maximum Gasteiger partial charge on any atom is 0.338 e. The molecule has 2 aromatic rings. The second kappa shape index (κ2) is 9.75. The van der Waals surface area contributed by atoms with Crippen molar-refractivity contribution in [2.75, 3.05) is 23.4 Å². The second-order valence-corrected chi connectivity index (χ2v) is 10.1. The number of carbonyl (C=O) groups is 4. The largest absolute Gasteiger partial charge is 0.492 e. The summed E-state index contributed by atoms with van der Waals surface area (Å²) in [4.78, 5) is 52.1. The topological polar surface area (TPSA) is 102 Å². The van der Waals surface area contributed by atoms with Gasteiger partial charge in [0.25, 0.3) is 5.91 Å². The van der Waals surface area contributed by atoms with Crippen molar-refractivity contribution in [3.63, 3.8) is 0 Å². The van der Waals surface area contributed by atoms with Crippen LogP contribution in [0.15, 0.2) is 48.5 Å². The SMILES string of the molecule is CCOc1ccccc1NC(=O)COC(=O)c1ccc(N2C(=O)[C@@H]3[C@H]4C[C@@H]([C@H](Cl)[C@H]4Cl)[C@H]3C2=O)cc1. The first kappa shape index (κ1) is 24.6. The first-order valence-corrected chi connectivity index (χ1v) is 12.6. The Morgan fingerprint density at radius 1 is 0.972 bits per heavy atom. The number of halogens is 2. The standard InChI is InChI=1S/C26H24Cl2N2O6/c1-2-35-18-6-4-3-5-17(18)29-19(31)12-36-26(34)13-7-9-14(10-8-13)30-24(32)20-15-11-16(21(20)25(30)33)23(28)22(15)27/h3-10,15-16,20-23H,2,11-12H2,1H3,(H,29,31)/t15-,16-,20-,21-,22+,23+/m1/s1. The van der Waals surface area contributed by atoms with Gasteiger partial charge in [0, 0.05) is 0 Å². The lowest BCUT2D eigenvalue weighted by Crippen LogP contribution is -2.37. The van der Waals surface area contributed by atoms with Gasteiger partial charge >= 0.3 is 5.97 Å². The zero-order chi connectivity index (χ0) is 25.6. The Morgan fingerprint density at radius 3 is 2.19 bits per heavy atom. The van der Waals surface area contributed by atoms with E-state index in [0.717, 1.165) is 0 Å². The molecule has 0 spiro atoms. The minimum Gasteiger partial charge on any atom is -0.492 e. The molecule has 2 aromatic carbocycles. The molecule has 2 bridgehead atoms. The molecule has 6 atom stereocenters. The van der Waals surface area contributed by atoms with Crippen LogP contribution in [-0.4, -0.2) is 47.7 Å². The maximum absolute atomic E-state index is 13.1. The summed E-state index contributed by atoms with van der Waals surface area (Å²) < 4.78 is 10.6. The minimum absolute atomic E-state index is 0.105. The van der Waals surface area contributed by atoms with Gasteiger partial charge in [0.15, 0.2) is 6.61 Å². The summed E-state index contributed by atoms with van der Waals surface area (Å²) >= 11 is 12.8. The van der Waals surface area contributed by atoms with E-state index in [0.29, 0.717) is 30.2 Å². The number of esters is 1. The molecule has 1 saturated heterocycles. The molecule has 1 aliphatic heterocycles. The average molecular weight is 531 g/mol. The second-order valence-electron chi connectivity index (χ2n) is 9.12. The number of benzene rings is 2. The van der Waals surface area contributed by atoms with E-state index in [9.17, 15) is 19.2 Å². The molecular formula is C26H24Cl2N2O6. The van der Waals surface area contributed by atoms with Crippen LogP contribution >= 0.6 is 23.2 Å². The van der Waals surface area contributed by atoms with Crippen LogP contribution in [0.4, 0.5) is 11.4 Å². The Kier molecular flexibility index (Phi) is 6.66. The van der Waals surface area contributed by atoms with E-state index in [-0.39, 0.29) is 40.0 Å². The monoisotopic (exact) mass is 530 g/mol. The number of nitrogens with one attached hydrogen (secondary N) is 1. The Bertz CT molecular complexity index is 1190. The molecule has 5 rings (SSSR count). The first-order chi connectivity index (χ1) is 17.3. The fourth-order valence-corrected chi connectivity index (χ4v) is 6.49. The van der Waals surface area contributed by atoms with Gasteiger partial charge in [0.1, 0.15) is 5.75 Å². The van der Waals surface area contributed by atoms with Crippen LogP contribution in [0.5, 0.6) is 5.75 Å². The highest BCUT2D eigenvalue weighted by atomic mass is 35.5. The maximum atomic E-state index is 13.1. The van der Waals surface area contributed by atoms with Gasteiger partial charge in [-0.1, -0.05) is 12.1 Å². The number of hydrogen-bond acceptors (Lipinski definition) is 6. The van der Waals surface area contributed by atoms with Gasteiger partial charge in [-0.3, -0.25) is 19.3 Å². The minimum atomic E-state index is -0.709. The molecule has 3 aliphatic rings. The van der Waals surface area contributed by atoms with Crippen molar-refractivity contribution in [1.82, 2.24) is 0 Å². The molecule has 0 aromatic heterocycles. The zero-order valence-electron chi connectivity index (χ0n) is 19.4. The Hall–Kier alpha value is -3.10. The number of para-hydroxylation sites is 2. The fraction of sp³-hybridized carbons (Fsp3) is 0.385. The normalized spacial score (nSPS) is 28.2. The lowest BCUT2D eigenvalue weighted by Gasteiger charge is -2.28. The zero-order valence-corrected chi connectivity index (χ0v) is 20.9. The molecule has 2 aliphatic carbocycles. The quantitative estimate of drug-likeness (QED) is 0.331. The molecule has 36 heavy (non-hydrogen) atoms. The van der Waals surface area contributed by atoms with E-state index in [1.165, 1.54) is 29.2 Å². The van der Waals surface area contributed by atoms with E-state index >= 15 is 0 Å². The molecule has 188 valence electrons. The first-order valence-electron chi connectivity index (χ1n) is 11.8. The van der Waals surface area contributed by atoms with E-state index < -0.39 is 30.3 Å². The van der Waals surface area contributed by atoms with Crippen LogP contribution in [-0.2, 0) is 19.1 Å². The molecule has 2 saturated carbocycles. The predicted molar refractivity (Wildman–Crippen MR) is 133 cm³/mol. The smallest absolute Gasteiger partial charge is 0.338 e. The van der Waals surface area contributed by atoms with Crippen LogP contribution in [0.2, 0.25) is 0 Å². The third-order valence-electron chi connectivity index (χ3n) is 7.14. The van der Waals surface area contributed by atoms with Gasteiger partial charge in [-0.15, -0.1) is 23.2 Å². The van der Waals surface area contributed by atoms with Gasteiger partial charge in [-0.05, 0) is 61.6 Å². The lowest BCUT2D eigenvalue weighted by molar-refractivity contribution is -0.123. The van der Waals surface area contributed by atoms with Crippen LogP contribution in [0.3, 0.4) is 0 Å². The molecule has 8 nitrogen and oxygen atoms in total. The average Bonchev–Trinajstić information content (AvgIpc) is 3.49. The number of anilines is 2. The summed E-state index contributed by atoms with van der Waals surface area (Å²) in [5.74, 6) is -2.36. The van der Waals surface area contributed by atoms with Crippen LogP contribution in [0, 0.1) is 23.7 Å². The van der Waals surface area contributed by atoms with Crippen molar-refractivity contribution in [3.05, 3.63) is 54.1 Å².